The molecule has 4 rings (SSSR count). The first-order valence-corrected chi connectivity index (χ1v) is 10.4. The van der Waals surface area contributed by atoms with Gasteiger partial charge in [0.25, 0.3) is 5.69 Å². The van der Waals surface area contributed by atoms with E-state index in [2.05, 4.69) is 0 Å². The maximum absolute atomic E-state index is 13.1. The van der Waals surface area contributed by atoms with Gasteiger partial charge in [-0.05, 0) is 24.3 Å². The van der Waals surface area contributed by atoms with Crippen LogP contribution in [0.15, 0.2) is 62.6 Å². The molecule has 2 heterocycles. The number of sulfonamides is 1. The van der Waals surface area contributed by atoms with Gasteiger partial charge in [-0.25, -0.2) is 13.2 Å². The zero-order valence-corrected chi connectivity index (χ0v) is 16.3. The van der Waals surface area contributed by atoms with Crippen molar-refractivity contribution < 1.29 is 27.2 Å². The van der Waals surface area contributed by atoms with Crippen molar-refractivity contribution in [3.8, 4) is 11.5 Å². The van der Waals surface area contributed by atoms with Crippen molar-refractivity contribution >= 4 is 26.7 Å². The number of rotatable bonds is 5. The zero-order chi connectivity index (χ0) is 21.3. The van der Waals surface area contributed by atoms with E-state index in [1.807, 2.05) is 0 Å². The number of nitrogens with zero attached hydrogens (tertiary/aromatic N) is 2. The van der Waals surface area contributed by atoms with E-state index in [0.717, 1.165) is 12.1 Å². The van der Waals surface area contributed by atoms with Crippen LogP contribution in [0.1, 0.15) is 0 Å². The van der Waals surface area contributed by atoms with E-state index in [4.69, 9.17) is 13.9 Å². The first kappa shape index (κ1) is 20.0. The number of hydrogen-bond acceptors (Lipinski definition) is 8. The molecule has 0 saturated carbocycles. The fourth-order valence-electron chi connectivity index (χ4n) is 3.05. The van der Waals surface area contributed by atoms with Crippen LogP contribution in [-0.2, 0) is 14.8 Å². The second kappa shape index (κ2) is 7.86. The minimum atomic E-state index is -4.07. The molecule has 1 aromatic heterocycles. The molecular weight excluding hydrogens is 416 g/mol. The van der Waals surface area contributed by atoms with Gasteiger partial charge in [-0.15, -0.1) is 0 Å². The third-order valence-electron chi connectivity index (χ3n) is 4.55. The molecule has 3 aromatic rings. The van der Waals surface area contributed by atoms with Crippen molar-refractivity contribution in [3.63, 3.8) is 0 Å². The van der Waals surface area contributed by atoms with Crippen molar-refractivity contribution in [2.75, 3.05) is 26.3 Å². The van der Waals surface area contributed by atoms with E-state index in [9.17, 15) is 23.3 Å². The maximum atomic E-state index is 13.1. The molecule has 0 radical (unpaired) electrons. The molecule has 156 valence electrons. The summed E-state index contributed by atoms with van der Waals surface area (Å²) >= 11 is 0. The Morgan fingerprint density at radius 2 is 1.77 bits per heavy atom. The molecule has 0 bridgehead atoms. The van der Waals surface area contributed by atoms with E-state index in [-0.39, 0.29) is 54.0 Å². The van der Waals surface area contributed by atoms with Crippen molar-refractivity contribution in [2.24, 2.45) is 0 Å². The van der Waals surface area contributed by atoms with Gasteiger partial charge in [-0.1, -0.05) is 0 Å². The number of non-ortho nitro benzene ring substituents is 1. The van der Waals surface area contributed by atoms with Gasteiger partial charge in [0.1, 0.15) is 22.0 Å². The largest absolute Gasteiger partial charge is 0.456 e. The van der Waals surface area contributed by atoms with Crippen LogP contribution in [0.25, 0.3) is 11.0 Å². The third-order valence-corrected chi connectivity index (χ3v) is 6.47. The molecule has 1 aliphatic rings. The molecule has 11 heteroatoms. The van der Waals surface area contributed by atoms with Gasteiger partial charge >= 0.3 is 5.63 Å². The Morgan fingerprint density at radius 1 is 1.03 bits per heavy atom. The predicted molar refractivity (Wildman–Crippen MR) is 105 cm³/mol. The zero-order valence-electron chi connectivity index (χ0n) is 15.5. The molecule has 1 fully saturated rings. The van der Waals surface area contributed by atoms with Gasteiger partial charge in [-0.3, -0.25) is 10.1 Å². The van der Waals surface area contributed by atoms with Crippen LogP contribution in [0, 0.1) is 10.1 Å². The topological polar surface area (TPSA) is 129 Å². The number of nitro groups is 1. The van der Waals surface area contributed by atoms with Gasteiger partial charge in [0, 0.05) is 42.7 Å². The predicted octanol–water partition coefficient (Wildman–Crippen LogP) is 2.51. The minimum absolute atomic E-state index is 0.0790. The van der Waals surface area contributed by atoms with Gasteiger partial charge < -0.3 is 13.9 Å². The summed E-state index contributed by atoms with van der Waals surface area (Å²) in [5.74, 6) is 0.133. The summed E-state index contributed by atoms with van der Waals surface area (Å²) < 4.78 is 43.5. The lowest BCUT2D eigenvalue weighted by molar-refractivity contribution is -0.385. The second-order valence-electron chi connectivity index (χ2n) is 6.46. The summed E-state index contributed by atoms with van der Waals surface area (Å²) in [5.41, 5.74) is -0.649. The number of fused-ring (bicyclic) bond motifs is 1. The molecule has 2 aromatic carbocycles. The summed E-state index contributed by atoms with van der Waals surface area (Å²) in [6.45, 7) is 0.722. The van der Waals surface area contributed by atoms with E-state index < -0.39 is 20.6 Å². The summed E-state index contributed by atoms with van der Waals surface area (Å²) in [5, 5.41) is 11.9. The van der Waals surface area contributed by atoms with Crippen molar-refractivity contribution in [3.05, 3.63) is 69.1 Å². The maximum Gasteiger partial charge on any atom is 0.336 e. The molecule has 1 saturated heterocycles. The molecular formula is C19H16N2O8S. The highest BCUT2D eigenvalue weighted by molar-refractivity contribution is 7.89. The van der Waals surface area contributed by atoms with Gasteiger partial charge in [0.15, 0.2) is 0 Å². The van der Waals surface area contributed by atoms with Gasteiger partial charge in [0.2, 0.25) is 10.0 Å². The van der Waals surface area contributed by atoms with E-state index >= 15 is 0 Å². The fourth-order valence-corrected chi connectivity index (χ4v) is 4.60. The molecule has 0 amide bonds. The normalized spacial score (nSPS) is 15.2. The van der Waals surface area contributed by atoms with E-state index in [1.54, 1.807) is 18.2 Å². The van der Waals surface area contributed by atoms with Crippen molar-refractivity contribution in [1.29, 1.82) is 0 Å². The quantitative estimate of drug-likeness (QED) is 0.342. The Kier molecular flexibility index (Phi) is 5.24. The molecule has 0 atom stereocenters. The first-order valence-electron chi connectivity index (χ1n) is 8.93. The minimum Gasteiger partial charge on any atom is -0.456 e. The summed E-state index contributed by atoms with van der Waals surface area (Å²) in [6, 6.07) is 10.9. The number of ether oxygens (including phenoxy) is 2. The molecule has 0 N–H and O–H groups in total. The number of hydrogen-bond donors (Lipinski definition) is 0. The van der Waals surface area contributed by atoms with Crippen LogP contribution in [0.3, 0.4) is 0 Å². The smallest absolute Gasteiger partial charge is 0.336 e. The lowest BCUT2D eigenvalue weighted by Crippen LogP contribution is -2.40. The highest BCUT2D eigenvalue weighted by Gasteiger charge is 2.31. The van der Waals surface area contributed by atoms with Crippen LogP contribution in [0.2, 0.25) is 0 Å². The number of benzene rings is 2. The highest BCUT2D eigenvalue weighted by atomic mass is 32.2. The van der Waals surface area contributed by atoms with Crippen LogP contribution in [0.5, 0.6) is 11.5 Å². The molecule has 0 spiro atoms. The third kappa shape index (κ3) is 3.90. The molecule has 30 heavy (non-hydrogen) atoms. The Bertz CT molecular complexity index is 1280. The standard InChI is InChI=1S/C19H16N2O8S/c22-19-6-2-13-1-4-15(12-17(13)29-19)28-16-5-3-14(21(23)24)11-18(16)30(25,26)20-7-9-27-10-8-20/h1-6,11-12H,7-10H2. The Morgan fingerprint density at radius 3 is 2.50 bits per heavy atom. The monoisotopic (exact) mass is 432 g/mol. The Balaban J connectivity index is 1.77. The lowest BCUT2D eigenvalue weighted by Gasteiger charge is -2.26. The van der Waals surface area contributed by atoms with Crippen molar-refractivity contribution in [2.45, 2.75) is 4.90 Å². The average molecular weight is 432 g/mol. The SMILES string of the molecule is O=c1ccc2ccc(Oc3ccc([N+](=O)[O-])cc3S(=O)(=O)N3CCOCC3)cc2o1. The Labute approximate surface area is 170 Å². The first-order chi connectivity index (χ1) is 14.3. The number of nitro benzene ring substituents is 1. The van der Waals surface area contributed by atoms with Crippen LogP contribution in [-0.4, -0.2) is 43.9 Å². The van der Waals surface area contributed by atoms with Gasteiger partial charge in [0.05, 0.1) is 18.1 Å². The molecule has 0 aliphatic carbocycles. The molecule has 1 aliphatic heterocycles. The lowest BCUT2D eigenvalue weighted by atomic mass is 10.2. The molecule has 0 unspecified atom stereocenters. The molecule has 10 nitrogen and oxygen atoms in total. The summed E-state index contributed by atoms with van der Waals surface area (Å²) in [4.78, 5) is 21.6. The number of morpholine rings is 1. The van der Waals surface area contributed by atoms with Crippen molar-refractivity contribution in [1.82, 2.24) is 4.31 Å². The van der Waals surface area contributed by atoms with Crippen LogP contribution < -0.4 is 10.4 Å². The van der Waals surface area contributed by atoms with Crippen LogP contribution in [0.4, 0.5) is 5.69 Å². The Hall–Kier alpha value is -3.28. The van der Waals surface area contributed by atoms with E-state index in [1.165, 1.54) is 22.5 Å². The summed E-state index contributed by atoms with van der Waals surface area (Å²) in [7, 11) is -4.07. The van der Waals surface area contributed by atoms with Gasteiger partial charge in [-0.2, -0.15) is 4.31 Å². The average Bonchev–Trinajstić information content (AvgIpc) is 2.74. The summed E-state index contributed by atoms with van der Waals surface area (Å²) in [6.07, 6.45) is 0. The second-order valence-corrected chi connectivity index (χ2v) is 8.37. The highest BCUT2D eigenvalue weighted by Crippen LogP contribution is 2.35. The van der Waals surface area contributed by atoms with E-state index in [0.29, 0.717) is 5.39 Å². The fraction of sp³-hybridized carbons (Fsp3) is 0.211. The van der Waals surface area contributed by atoms with Crippen LogP contribution >= 0.6 is 0 Å².